The van der Waals surface area contributed by atoms with Gasteiger partial charge in [-0.15, -0.1) is 0 Å². The van der Waals surface area contributed by atoms with Crippen molar-refractivity contribution in [3.63, 3.8) is 0 Å². The monoisotopic (exact) mass is 312 g/mol. The Morgan fingerprint density at radius 3 is 3.00 bits per heavy atom. The molecule has 4 nitrogen and oxygen atoms in total. The van der Waals surface area contributed by atoms with Gasteiger partial charge in [0.25, 0.3) is 0 Å². The van der Waals surface area contributed by atoms with E-state index >= 15 is 0 Å². The lowest BCUT2D eigenvalue weighted by atomic mass is 10.1. The molecule has 0 radical (unpaired) electrons. The molecule has 0 spiro atoms. The second-order valence-electron chi connectivity index (χ2n) is 5.46. The third-order valence-corrected chi connectivity index (χ3v) is 4.13. The van der Waals surface area contributed by atoms with Crippen LogP contribution in [-0.4, -0.2) is 46.6 Å². The molecule has 0 aromatic heterocycles. The van der Waals surface area contributed by atoms with Crippen molar-refractivity contribution in [3.8, 4) is 0 Å². The van der Waals surface area contributed by atoms with E-state index in [0.717, 1.165) is 48.9 Å². The minimum atomic E-state index is 0.351. The van der Waals surface area contributed by atoms with Crippen LogP contribution in [0.15, 0.2) is 18.2 Å². The molecule has 1 aliphatic heterocycles. The molecule has 5 heteroatoms. The highest BCUT2D eigenvalue weighted by atomic mass is 35.5. The molecule has 1 aliphatic rings. The van der Waals surface area contributed by atoms with E-state index in [2.05, 4.69) is 29.4 Å². The molecule has 21 heavy (non-hydrogen) atoms. The largest absolute Gasteiger partial charge is 0.383 e. The summed E-state index contributed by atoms with van der Waals surface area (Å²) < 4.78 is 10.7. The fourth-order valence-corrected chi connectivity index (χ4v) is 2.76. The fraction of sp³-hybridized carbons (Fsp3) is 0.625. The summed E-state index contributed by atoms with van der Waals surface area (Å²) in [7, 11) is 3.79. The van der Waals surface area contributed by atoms with Gasteiger partial charge in [-0.05, 0) is 30.5 Å². The van der Waals surface area contributed by atoms with E-state index in [0.29, 0.717) is 12.7 Å². The first-order valence-electron chi connectivity index (χ1n) is 7.51. The van der Waals surface area contributed by atoms with Crippen molar-refractivity contribution in [2.45, 2.75) is 25.5 Å². The van der Waals surface area contributed by atoms with Gasteiger partial charge in [0.1, 0.15) is 0 Å². The van der Waals surface area contributed by atoms with Gasteiger partial charge < -0.3 is 19.7 Å². The molecule has 0 bridgehead atoms. The van der Waals surface area contributed by atoms with Crippen LogP contribution >= 0.6 is 11.6 Å². The normalized spacial score (nSPS) is 18.1. The summed E-state index contributed by atoms with van der Waals surface area (Å²) in [5.74, 6) is 0. The van der Waals surface area contributed by atoms with Gasteiger partial charge in [-0.1, -0.05) is 17.7 Å². The number of anilines is 1. The summed E-state index contributed by atoms with van der Waals surface area (Å²) in [6.45, 7) is 4.11. The summed E-state index contributed by atoms with van der Waals surface area (Å²) in [4.78, 5) is 2.21. The predicted molar refractivity (Wildman–Crippen MR) is 87.3 cm³/mol. The van der Waals surface area contributed by atoms with Crippen molar-refractivity contribution in [2.24, 2.45) is 0 Å². The predicted octanol–water partition coefficient (Wildman–Crippen LogP) is 2.69. The van der Waals surface area contributed by atoms with Crippen LogP contribution in [-0.2, 0) is 16.0 Å². The van der Waals surface area contributed by atoms with Gasteiger partial charge in [-0.3, -0.25) is 0 Å². The maximum absolute atomic E-state index is 6.37. The number of hydrogen-bond acceptors (Lipinski definition) is 4. The third kappa shape index (κ3) is 5.15. The van der Waals surface area contributed by atoms with Crippen LogP contribution < -0.4 is 10.2 Å². The van der Waals surface area contributed by atoms with Crippen molar-refractivity contribution in [3.05, 3.63) is 28.8 Å². The van der Waals surface area contributed by atoms with Crippen LogP contribution in [0.3, 0.4) is 0 Å². The van der Waals surface area contributed by atoms with Crippen LogP contribution in [0.5, 0.6) is 0 Å². The highest BCUT2D eigenvalue weighted by molar-refractivity contribution is 6.31. The molecule has 2 rings (SSSR count). The summed E-state index contributed by atoms with van der Waals surface area (Å²) in [6.07, 6.45) is 2.68. The second-order valence-corrected chi connectivity index (χ2v) is 5.87. The van der Waals surface area contributed by atoms with Crippen molar-refractivity contribution in [1.82, 2.24) is 5.32 Å². The average molecular weight is 313 g/mol. The topological polar surface area (TPSA) is 33.7 Å². The minimum Gasteiger partial charge on any atom is -0.383 e. The van der Waals surface area contributed by atoms with Crippen LogP contribution in [0.1, 0.15) is 18.4 Å². The first kappa shape index (κ1) is 16.6. The Hall–Kier alpha value is -0.810. The molecule has 1 unspecified atom stereocenters. The fourth-order valence-electron chi connectivity index (χ4n) is 2.51. The summed E-state index contributed by atoms with van der Waals surface area (Å²) >= 11 is 6.37. The van der Waals surface area contributed by atoms with E-state index in [4.69, 9.17) is 21.1 Å². The van der Waals surface area contributed by atoms with E-state index in [1.807, 2.05) is 6.07 Å². The first-order chi connectivity index (χ1) is 10.2. The second kappa shape index (κ2) is 8.59. The number of likely N-dealkylation sites (N-methyl/N-ethyl adjacent to an activating group) is 1. The maximum atomic E-state index is 6.37. The number of nitrogens with one attached hydrogen (secondary N) is 1. The third-order valence-electron chi connectivity index (χ3n) is 3.78. The lowest BCUT2D eigenvalue weighted by molar-refractivity contribution is 0.116. The number of rotatable bonds is 8. The number of nitrogens with zero attached hydrogens (tertiary/aromatic N) is 1. The Morgan fingerprint density at radius 2 is 2.33 bits per heavy atom. The molecule has 1 aromatic rings. The van der Waals surface area contributed by atoms with E-state index < -0.39 is 0 Å². The van der Waals surface area contributed by atoms with Crippen LogP contribution in [0.4, 0.5) is 5.69 Å². The summed E-state index contributed by atoms with van der Waals surface area (Å²) in [6, 6.07) is 6.24. The van der Waals surface area contributed by atoms with E-state index in [1.54, 1.807) is 7.11 Å². The van der Waals surface area contributed by atoms with Gasteiger partial charge in [0.15, 0.2) is 0 Å². The molecule has 1 heterocycles. The molecule has 1 atom stereocenters. The molecule has 0 aliphatic carbocycles. The Balaban J connectivity index is 1.87. The van der Waals surface area contributed by atoms with E-state index in [1.165, 1.54) is 6.42 Å². The lowest BCUT2D eigenvalue weighted by Gasteiger charge is -2.23. The van der Waals surface area contributed by atoms with Crippen LogP contribution in [0, 0.1) is 0 Å². The lowest BCUT2D eigenvalue weighted by Crippen LogP contribution is -2.28. The van der Waals surface area contributed by atoms with Crippen LogP contribution in [0.2, 0.25) is 5.02 Å². The Morgan fingerprint density at radius 1 is 1.48 bits per heavy atom. The zero-order chi connectivity index (χ0) is 15.1. The molecule has 1 aromatic carbocycles. The average Bonchev–Trinajstić information content (AvgIpc) is 2.97. The van der Waals surface area contributed by atoms with Gasteiger partial charge in [0.2, 0.25) is 0 Å². The Kier molecular flexibility index (Phi) is 6.77. The van der Waals surface area contributed by atoms with Crippen LogP contribution in [0.25, 0.3) is 0 Å². The van der Waals surface area contributed by atoms with E-state index in [-0.39, 0.29) is 0 Å². The van der Waals surface area contributed by atoms with Gasteiger partial charge in [0, 0.05) is 51.1 Å². The Labute approximate surface area is 132 Å². The van der Waals surface area contributed by atoms with Crippen molar-refractivity contribution < 1.29 is 9.47 Å². The number of halogens is 1. The molecule has 1 saturated heterocycles. The number of hydrogen-bond donors (Lipinski definition) is 1. The zero-order valence-electron chi connectivity index (χ0n) is 12.9. The van der Waals surface area contributed by atoms with Crippen molar-refractivity contribution >= 4 is 17.3 Å². The highest BCUT2D eigenvalue weighted by Gasteiger charge is 2.17. The van der Waals surface area contributed by atoms with Gasteiger partial charge in [0.05, 0.1) is 12.7 Å². The molecular weight excluding hydrogens is 288 g/mol. The van der Waals surface area contributed by atoms with Crippen molar-refractivity contribution in [2.75, 3.05) is 45.4 Å². The molecule has 118 valence electrons. The SMILES string of the molecule is COCCNCc1ccc(N(C)CC2CCCO2)cc1Cl. The maximum Gasteiger partial charge on any atom is 0.0750 e. The molecule has 1 fully saturated rings. The highest BCUT2D eigenvalue weighted by Crippen LogP contribution is 2.24. The van der Waals surface area contributed by atoms with Gasteiger partial charge in [-0.25, -0.2) is 0 Å². The number of ether oxygens (including phenoxy) is 2. The molecule has 0 saturated carbocycles. The minimum absolute atomic E-state index is 0.351. The smallest absolute Gasteiger partial charge is 0.0750 e. The Bertz CT molecular complexity index is 436. The zero-order valence-corrected chi connectivity index (χ0v) is 13.7. The molecule has 1 N–H and O–H groups in total. The molecular formula is C16H25ClN2O2. The standard InChI is InChI=1S/C16H25ClN2O2/c1-19(12-15-4-3-8-21-15)14-6-5-13(16(17)10-14)11-18-7-9-20-2/h5-6,10,15,18H,3-4,7-9,11-12H2,1-2H3. The van der Waals surface area contributed by atoms with Gasteiger partial charge in [-0.2, -0.15) is 0 Å². The summed E-state index contributed by atoms with van der Waals surface area (Å²) in [5.41, 5.74) is 2.25. The number of benzene rings is 1. The van der Waals surface area contributed by atoms with E-state index in [9.17, 15) is 0 Å². The first-order valence-corrected chi connectivity index (χ1v) is 7.89. The van der Waals surface area contributed by atoms with Crippen molar-refractivity contribution in [1.29, 1.82) is 0 Å². The van der Waals surface area contributed by atoms with Gasteiger partial charge >= 0.3 is 0 Å². The molecule has 0 amide bonds. The quantitative estimate of drug-likeness (QED) is 0.748. The summed E-state index contributed by atoms with van der Waals surface area (Å²) in [5, 5.41) is 4.11. The number of methoxy groups -OCH3 is 1.